The number of carbonyl (C=O) groups excluding carboxylic acids is 1. The zero-order valence-electron chi connectivity index (χ0n) is 13.0. The van der Waals surface area contributed by atoms with Crippen LogP contribution in [0.25, 0.3) is 21.8 Å². The van der Waals surface area contributed by atoms with Gasteiger partial charge in [0.25, 0.3) is 0 Å². The second kappa shape index (κ2) is 6.00. The number of aromatic nitrogens is 2. The van der Waals surface area contributed by atoms with E-state index in [9.17, 15) is 4.79 Å². The standard InChI is InChI=1S/C18H14ClN3OS/c1-22-15-4-2-11(8-12(15)3-5-17(22)23)14-10-24-18(21-14)13-6-7-20-16(19)9-13/h2,4,6-10H,3,5H2,1H3. The number of hydrogen-bond donors (Lipinski definition) is 0. The molecule has 3 heterocycles. The summed E-state index contributed by atoms with van der Waals surface area (Å²) in [5.74, 6) is 0.167. The van der Waals surface area contributed by atoms with E-state index < -0.39 is 0 Å². The molecule has 3 aromatic rings. The van der Waals surface area contributed by atoms with E-state index in [1.807, 2.05) is 36.7 Å². The third-order valence-corrected chi connectivity index (χ3v) is 5.29. The monoisotopic (exact) mass is 355 g/mol. The summed E-state index contributed by atoms with van der Waals surface area (Å²) >= 11 is 7.54. The predicted molar refractivity (Wildman–Crippen MR) is 97.5 cm³/mol. The molecule has 0 bridgehead atoms. The third-order valence-electron chi connectivity index (χ3n) is 4.20. The van der Waals surface area contributed by atoms with Gasteiger partial charge in [0.1, 0.15) is 10.2 Å². The molecule has 0 spiro atoms. The lowest BCUT2D eigenvalue weighted by atomic mass is 9.98. The molecule has 0 aliphatic carbocycles. The van der Waals surface area contributed by atoms with Gasteiger partial charge in [-0.05, 0) is 36.2 Å². The zero-order chi connectivity index (χ0) is 16.7. The van der Waals surface area contributed by atoms with Crippen LogP contribution in [-0.2, 0) is 11.2 Å². The predicted octanol–water partition coefficient (Wildman–Crippen LogP) is 4.43. The van der Waals surface area contributed by atoms with Gasteiger partial charge in [-0.2, -0.15) is 0 Å². The highest BCUT2D eigenvalue weighted by Gasteiger charge is 2.21. The van der Waals surface area contributed by atoms with Gasteiger partial charge in [0.05, 0.1) is 5.69 Å². The van der Waals surface area contributed by atoms with Crippen molar-refractivity contribution in [3.05, 3.63) is 52.6 Å². The fourth-order valence-electron chi connectivity index (χ4n) is 2.89. The first-order valence-corrected chi connectivity index (χ1v) is 8.85. The van der Waals surface area contributed by atoms with Crippen LogP contribution in [0.4, 0.5) is 5.69 Å². The number of fused-ring (bicyclic) bond motifs is 1. The number of aryl methyl sites for hydroxylation is 1. The van der Waals surface area contributed by atoms with E-state index in [2.05, 4.69) is 11.1 Å². The number of carbonyl (C=O) groups is 1. The quantitative estimate of drug-likeness (QED) is 0.638. The average Bonchev–Trinajstić information content (AvgIpc) is 3.08. The lowest BCUT2D eigenvalue weighted by molar-refractivity contribution is -0.118. The molecule has 4 nitrogen and oxygen atoms in total. The molecule has 0 N–H and O–H groups in total. The van der Waals surface area contributed by atoms with E-state index in [4.69, 9.17) is 16.6 Å². The van der Waals surface area contributed by atoms with Gasteiger partial charge < -0.3 is 4.90 Å². The average molecular weight is 356 g/mol. The number of thiazole rings is 1. The first-order valence-electron chi connectivity index (χ1n) is 7.59. The van der Waals surface area contributed by atoms with Gasteiger partial charge in [-0.3, -0.25) is 4.79 Å². The van der Waals surface area contributed by atoms with Crippen LogP contribution in [0.5, 0.6) is 0 Å². The third kappa shape index (κ3) is 2.70. The van der Waals surface area contributed by atoms with Crippen LogP contribution in [0.2, 0.25) is 5.15 Å². The normalized spacial score (nSPS) is 13.9. The van der Waals surface area contributed by atoms with E-state index in [1.54, 1.807) is 22.4 Å². The smallest absolute Gasteiger partial charge is 0.227 e. The van der Waals surface area contributed by atoms with E-state index in [0.29, 0.717) is 11.6 Å². The minimum absolute atomic E-state index is 0.167. The second-order valence-corrected chi connectivity index (χ2v) is 6.95. The molecule has 6 heteroatoms. The first kappa shape index (κ1) is 15.3. The Hall–Kier alpha value is -2.24. The highest BCUT2D eigenvalue weighted by atomic mass is 35.5. The van der Waals surface area contributed by atoms with Crippen molar-refractivity contribution in [2.75, 3.05) is 11.9 Å². The molecule has 1 amide bonds. The number of nitrogens with zero attached hydrogens (tertiary/aromatic N) is 3. The van der Waals surface area contributed by atoms with Crippen LogP contribution in [-0.4, -0.2) is 22.9 Å². The van der Waals surface area contributed by atoms with Crippen molar-refractivity contribution in [3.63, 3.8) is 0 Å². The molecule has 24 heavy (non-hydrogen) atoms. The molecule has 0 saturated heterocycles. The molecular weight excluding hydrogens is 342 g/mol. The van der Waals surface area contributed by atoms with E-state index >= 15 is 0 Å². The number of amides is 1. The van der Waals surface area contributed by atoms with Crippen molar-refractivity contribution in [3.8, 4) is 21.8 Å². The zero-order valence-corrected chi connectivity index (χ0v) is 14.6. The molecule has 1 aliphatic heterocycles. The number of halogens is 1. The lowest BCUT2D eigenvalue weighted by Gasteiger charge is -2.26. The molecule has 4 rings (SSSR count). The van der Waals surface area contributed by atoms with Gasteiger partial charge in [-0.15, -0.1) is 11.3 Å². The Balaban J connectivity index is 1.69. The maximum Gasteiger partial charge on any atom is 0.227 e. The molecular formula is C18H14ClN3OS. The van der Waals surface area contributed by atoms with Crippen LogP contribution in [0, 0.1) is 0 Å². The van der Waals surface area contributed by atoms with Crippen LogP contribution in [0.1, 0.15) is 12.0 Å². The van der Waals surface area contributed by atoms with Crippen LogP contribution < -0.4 is 4.90 Å². The van der Waals surface area contributed by atoms with Crippen molar-refractivity contribution >= 4 is 34.5 Å². The maximum atomic E-state index is 11.8. The Kier molecular flexibility index (Phi) is 3.82. The molecule has 120 valence electrons. The SMILES string of the molecule is CN1C(=O)CCc2cc(-c3csc(-c4ccnc(Cl)c4)n3)ccc21. The summed E-state index contributed by atoms with van der Waals surface area (Å²) in [5.41, 5.74) is 5.15. The number of benzene rings is 1. The fraction of sp³-hybridized carbons (Fsp3) is 0.167. The lowest BCUT2D eigenvalue weighted by Crippen LogP contribution is -2.30. The first-order chi connectivity index (χ1) is 11.6. The fourth-order valence-corrected chi connectivity index (χ4v) is 3.89. The van der Waals surface area contributed by atoms with Crippen LogP contribution in [0.15, 0.2) is 41.9 Å². The van der Waals surface area contributed by atoms with Crippen molar-refractivity contribution in [1.29, 1.82) is 0 Å². The van der Waals surface area contributed by atoms with Gasteiger partial charge in [-0.25, -0.2) is 9.97 Å². The summed E-state index contributed by atoms with van der Waals surface area (Å²) < 4.78 is 0. The number of rotatable bonds is 2. The van der Waals surface area contributed by atoms with Gasteiger partial charge >= 0.3 is 0 Å². The van der Waals surface area contributed by atoms with E-state index in [1.165, 1.54) is 5.56 Å². The van der Waals surface area contributed by atoms with Gasteiger partial charge in [-0.1, -0.05) is 17.7 Å². The summed E-state index contributed by atoms with van der Waals surface area (Å²) in [7, 11) is 1.83. The Labute approximate surface area is 148 Å². The van der Waals surface area contributed by atoms with Gasteiger partial charge in [0.15, 0.2) is 0 Å². The highest BCUT2D eigenvalue weighted by Crippen LogP contribution is 2.34. The molecule has 0 atom stereocenters. The molecule has 0 radical (unpaired) electrons. The Morgan fingerprint density at radius 1 is 1.17 bits per heavy atom. The summed E-state index contributed by atoms with van der Waals surface area (Å²) in [6.45, 7) is 0. The van der Waals surface area contributed by atoms with Gasteiger partial charge in [0, 0.05) is 41.9 Å². The van der Waals surface area contributed by atoms with Crippen molar-refractivity contribution < 1.29 is 4.79 Å². The summed E-state index contributed by atoms with van der Waals surface area (Å²) in [4.78, 5) is 22.3. The van der Waals surface area contributed by atoms with Crippen molar-refractivity contribution in [1.82, 2.24) is 9.97 Å². The van der Waals surface area contributed by atoms with Crippen molar-refractivity contribution in [2.45, 2.75) is 12.8 Å². The van der Waals surface area contributed by atoms with Crippen LogP contribution in [0.3, 0.4) is 0 Å². The molecule has 2 aromatic heterocycles. The van der Waals surface area contributed by atoms with Gasteiger partial charge in [0.2, 0.25) is 5.91 Å². The number of hydrogen-bond acceptors (Lipinski definition) is 4. The van der Waals surface area contributed by atoms with E-state index in [-0.39, 0.29) is 5.91 Å². The van der Waals surface area contributed by atoms with Crippen molar-refractivity contribution in [2.24, 2.45) is 0 Å². The largest absolute Gasteiger partial charge is 0.315 e. The molecule has 1 aliphatic rings. The summed E-state index contributed by atoms with van der Waals surface area (Å²) in [6.07, 6.45) is 3.03. The molecule has 0 unspecified atom stereocenters. The molecule has 0 saturated carbocycles. The minimum atomic E-state index is 0.167. The topological polar surface area (TPSA) is 46.1 Å². The Morgan fingerprint density at radius 3 is 2.88 bits per heavy atom. The van der Waals surface area contributed by atoms with Crippen LogP contribution >= 0.6 is 22.9 Å². The van der Waals surface area contributed by atoms with E-state index in [0.717, 1.165) is 33.9 Å². The highest BCUT2D eigenvalue weighted by molar-refractivity contribution is 7.13. The Bertz CT molecular complexity index is 938. The maximum absolute atomic E-state index is 11.8. The minimum Gasteiger partial charge on any atom is -0.315 e. The molecule has 0 fully saturated rings. The second-order valence-electron chi connectivity index (χ2n) is 5.70. The summed E-state index contributed by atoms with van der Waals surface area (Å²) in [6, 6.07) is 9.88. The summed E-state index contributed by atoms with van der Waals surface area (Å²) in [5, 5.41) is 3.42. The Morgan fingerprint density at radius 2 is 2.04 bits per heavy atom. The molecule has 1 aromatic carbocycles. The number of anilines is 1. The number of pyridine rings is 1.